The van der Waals surface area contributed by atoms with Gasteiger partial charge in [-0.05, 0) is 43.4 Å². The molecular weight excluding hydrogens is 276 g/mol. The zero-order chi connectivity index (χ0) is 14.9. The molecule has 1 aromatic carbocycles. The van der Waals surface area contributed by atoms with Crippen LogP contribution in [0.3, 0.4) is 0 Å². The van der Waals surface area contributed by atoms with Crippen molar-refractivity contribution in [2.75, 3.05) is 0 Å². The summed E-state index contributed by atoms with van der Waals surface area (Å²) in [7, 11) is -3.72. The first-order valence-corrected chi connectivity index (χ1v) is 8.27. The van der Waals surface area contributed by atoms with Crippen molar-refractivity contribution in [2.45, 2.75) is 37.6 Å². The van der Waals surface area contributed by atoms with Crippen LogP contribution >= 0.6 is 0 Å². The zero-order valence-corrected chi connectivity index (χ0v) is 12.5. The minimum Gasteiger partial charge on any atom is -0.349 e. The van der Waals surface area contributed by atoms with Gasteiger partial charge in [0.15, 0.2) is 0 Å². The van der Waals surface area contributed by atoms with Crippen molar-refractivity contribution in [1.29, 1.82) is 0 Å². The van der Waals surface area contributed by atoms with Gasteiger partial charge in [-0.1, -0.05) is 19.1 Å². The van der Waals surface area contributed by atoms with Gasteiger partial charge in [0.05, 0.1) is 10.9 Å². The lowest BCUT2D eigenvalue weighted by Crippen LogP contribution is -2.32. The fraction of sp³-hybridized carbons (Fsp3) is 0.500. The van der Waals surface area contributed by atoms with Gasteiger partial charge in [-0.2, -0.15) is 0 Å². The lowest BCUT2D eigenvalue weighted by Gasteiger charge is -2.18. The van der Waals surface area contributed by atoms with Crippen LogP contribution in [-0.2, 0) is 14.8 Å². The molecule has 2 rings (SSSR count). The lowest BCUT2D eigenvalue weighted by atomic mass is 10.0. The quantitative estimate of drug-likeness (QED) is 0.864. The minimum absolute atomic E-state index is 0.0128. The van der Waals surface area contributed by atoms with E-state index in [2.05, 4.69) is 5.32 Å². The van der Waals surface area contributed by atoms with E-state index in [1.54, 1.807) is 12.1 Å². The molecule has 0 aromatic heterocycles. The first-order valence-electron chi connectivity index (χ1n) is 6.72. The van der Waals surface area contributed by atoms with Crippen molar-refractivity contribution in [3.05, 3.63) is 29.8 Å². The smallest absolute Gasteiger partial charge is 0.238 e. The van der Waals surface area contributed by atoms with Crippen LogP contribution in [0.25, 0.3) is 0 Å². The van der Waals surface area contributed by atoms with Gasteiger partial charge in [0, 0.05) is 5.92 Å². The molecule has 3 N–H and O–H groups in total. The molecular formula is C14H20N2O3S. The second-order valence-corrected chi connectivity index (χ2v) is 7.04. The van der Waals surface area contributed by atoms with Gasteiger partial charge in [-0.3, -0.25) is 4.79 Å². The molecule has 110 valence electrons. The standard InChI is InChI=1S/C14H20N2O3S/c1-9(11-6-7-11)14(17)16-10(2)12-4-3-5-13(8-12)20(15,18)19/h3-5,8-11H,6-7H2,1-2H3,(H,16,17)(H2,15,18,19)/t9-,10-/m0/s1. The number of carbonyl (C=O) groups excluding carboxylic acids is 1. The number of nitrogens with two attached hydrogens (primary N) is 1. The Kier molecular flexibility index (Phi) is 4.15. The molecule has 1 amide bonds. The average molecular weight is 296 g/mol. The summed E-state index contributed by atoms with van der Waals surface area (Å²) in [5.74, 6) is 0.526. The summed E-state index contributed by atoms with van der Waals surface area (Å²) < 4.78 is 22.7. The van der Waals surface area contributed by atoms with Crippen molar-refractivity contribution in [3.63, 3.8) is 0 Å². The molecule has 0 spiro atoms. The molecule has 5 nitrogen and oxygen atoms in total. The summed E-state index contributed by atoms with van der Waals surface area (Å²) in [5, 5.41) is 8.03. The number of nitrogens with one attached hydrogen (secondary N) is 1. The Hall–Kier alpha value is -1.40. The highest BCUT2D eigenvalue weighted by Gasteiger charge is 2.33. The summed E-state index contributed by atoms with van der Waals surface area (Å²) >= 11 is 0. The Morgan fingerprint density at radius 3 is 2.55 bits per heavy atom. The molecule has 0 unspecified atom stereocenters. The number of sulfonamides is 1. The van der Waals surface area contributed by atoms with E-state index in [-0.39, 0.29) is 22.8 Å². The van der Waals surface area contributed by atoms with Crippen LogP contribution in [0.2, 0.25) is 0 Å². The van der Waals surface area contributed by atoms with E-state index in [0.717, 1.165) is 18.4 Å². The highest BCUT2D eigenvalue weighted by molar-refractivity contribution is 7.89. The Labute approximate surface area is 119 Å². The maximum absolute atomic E-state index is 12.0. The monoisotopic (exact) mass is 296 g/mol. The Bertz CT molecular complexity index is 609. The lowest BCUT2D eigenvalue weighted by molar-refractivity contribution is -0.125. The number of carbonyl (C=O) groups is 1. The number of hydrogen-bond acceptors (Lipinski definition) is 3. The maximum atomic E-state index is 12.0. The average Bonchev–Trinajstić information content (AvgIpc) is 3.21. The predicted molar refractivity (Wildman–Crippen MR) is 76.3 cm³/mol. The second kappa shape index (κ2) is 5.54. The molecule has 0 radical (unpaired) electrons. The number of primary sulfonamides is 1. The molecule has 0 saturated heterocycles. The highest BCUT2D eigenvalue weighted by Crippen LogP contribution is 2.36. The van der Waals surface area contributed by atoms with E-state index < -0.39 is 10.0 Å². The van der Waals surface area contributed by atoms with Gasteiger partial charge < -0.3 is 5.32 Å². The Balaban J connectivity index is 2.09. The fourth-order valence-electron chi connectivity index (χ4n) is 2.20. The summed E-state index contributed by atoms with van der Waals surface area (Å²) in [6.45, 7) is 3.76. The summed E-state index contributed by atoms with van der Waals surface area (Å²) in [6.07, 6.45) is 2.23. The van der Waals surface area contributed by atoms with E-state index in [1.807, 2.05) is 13.8 Å². The van der Waals surface area contributed by atoms with Crippen molar-refractivity contribution in [2.24, 2.45) is 17.0 Å². The van der Waals surface area contributed by atoms with E-state index in [4.69, 9.17) is 5.14 Å². The SMILES string of the molecule is C[C@H](NC(=O)[C@@H](C)C1CC1)c1cccc(S(N)(=O)=O)c1. The van der Waals surface area contributed by atoms with E-state index in [0.29, 0.717) is 5.92 Å². The first-order chi connectivity index (χ1) is 9.29. The van der Waals surface area contributed by atoms with E-state index >= 15 is 0 Å². The second-order valence-electron chi connectivity index (χ2n) is 5.47. The Morgan fingerprint density at radius 2 is 2.00 bits per heavy atom. The third-order valence-electron chi connectivity index (χ3n) is 3.79. The van der Waals surface area contributed by atoms with Gasteiger partial charge in [0.1, 0.15) is 0 Å². The van der Waals surface area contributed by atoms with Crippen molar-refractivity contribution >= 4 is 15.9 Å². The summed E-state index contributed by atoms with van der Waals surface area (Å²) in [6, 6.07) is 6.11. The van der Waals surface area contributed by atoms with Gasteiger partial charge in [-0.15, -0.1) is 0 Å². The molecule has 0 bridgehead atoms. The van der Waals surface area contributed by atoms with Crippen LogP contribution in [0.4, 0.5) is 0 Å². The third kappa shape index (κ3) is 3.58. The van der Waals surface area contributed by atoms with Crippen LogP contribution < -0.4 is 10.5 Å². The number of benzene rings is 1. The normalized spacial score (nSPS) is 18.4. The molecule has 2 atom stereocenters. The van der Waals surface area contributed by atoms with Gasteiger partial charge in [-0.25, -0.2) is 13.6 Å². The number of amides is 1. The van der Waals surface area contributed by atoms with Crippen LogP contribution in [0, 0.1) is 11.8 Å². The zero-order valence-electron chi connectivity index (χ0n) is 11.7. The number of hydrogen-bond donors (Lipinski definition) is 2. The van der Waals surface area contributed by atoms with Gasteiger partial charge in [0.2, 0.25) is 15.9 Å². The van der Waals surface area contributed by atoms with Crippen LogP contribution in [-0.4, -0.2) is 14.3 Å². The predicted octanol–water partition coefficient (Wildman–Crippen LogP) is 1.56. The van der Waals surface area contributed by atoms with Crippen LogP contribution in [0.1, 0.15) is 38.3 Å². The number of rotatable bonds is 5. The molecule has 0 aliphatic heterocycles. The molecule has 1 aliphatic carbocycles. The molecule has 1 aromatic rings. The maximum Gasteiger partial charge on any atom is 0.238 e. The largest absolute Gasteiger partial charge is 0.349 e. The molecule has 1 fully saturated rings. The van der Waals surface area contributed by atoms with Crippen molar-refractivity contribution < 1.29 is 13.2 Å². The van der Waals surface area contributed by atoms with Crippen LogP contribution in [0.15, 0.2) is 29.2 Å². The molecule has 0 heterocycles. The topological polar surface area (TPSA) is 89.3 Å². The van der Waals surface area contributed by atoms with Crippen LogP contribution in [0.5, 0.6) is 0 Å². The van der Waals surface area contributed by atoms with E-state index in [1.165, 1.54) is 12.1 Å². The molecule has 6 heteroatoms. The first kappa shape index (κ1) is 15.0. The van der Waals surface area contributed by atoms with Gasteiger partial charge in [0.25, 0.3) is 0 Å². The minimum atomic E-state index is -3.72. The van der Waals surface area contributed by atoms with Crippen molar-refractivity contribution in [1.82, 2.24) is 5.32 Å². The fourth-order valence-corrected chi connectivity index (χ4v) is 2.77. The van der Waals surface area contributed by atoms with Crippen molar-refractivity contribution in [3.8, 4) is 0 Å². The molecule has 1 aliphatic rings. The Morgan fingerprint density at radius 1 is 1.35 bits per heavy atom. The van der Waals surface area contributed by atoms with Gasteiger partial charge >= 0.3 is 0 Å². The molecule has 20 heavy (non-hydrogen) atoms. The summed E-state index contributed by atoms with van der Waals surface area (Å²) in [4.78, 5) is 12.1. The third-order valence-corrected chi connectivity index (χ3v) is 4.70. The van der Waals surface area contributed by atoms with E-state index in [9.17, 15) is 13.2 Å². The molecule has 1 saturated carbocycles. The summed E-state index contributed by atoms with van der Waals surface area (Å²) in [5.41, 5.74) is 0.730. The highest BCUT2D eigenvalue weighted by atomic mass is 32.2.